The largest absolute Gasteiger partial charge is 0.462 e. The van der Waals surface area contributed by atoms with Gasteiger partial charge < -0.3 is 14.6 Å². The van der Waals surface area contributed by atoms with E-state index < -0.39 is 6.10 Å². The molecule has 0 unspecified atom stereocenters. The maximum Gasteiger partial charge on any atom is 0.306 e. The van der Waals surface area contributed by atoms with E-state index in [2.05, 4.69) is 50.3 Å². The average Bonchev–Trinajstić information content (AvgIpc) is 3.06. The van der Waals surface area contributed by atoms with Gasteiger partial charge in [-0.2, -0.15) is 0 Å². The molecular weight excluding hydrogens is 572 g/mol. The molecular formula is C41H74O5. The average molecular weight is 647 g/mol. The van der Waals surface area contributed by atoms with Crippen LogP contribution in [0.2, 0.25) is 0 Å². The van der Waals surface area contributed by atoms with Crippen LogP contribution in [0.15, 0.2) is 36.5 Å². The summed E-state index contributed by atoms with van der Waals surface area (Å²) in [5.74, 6) is -0.608. The van der Waals surface area contributed by atoms with E-state index in [1.807, 2.05) is 0 Å². The number of aliphatic hydroxyl groups is 1. The standard InChI is InChI=1S/C41H74O5/c1-3-5-7-9-11-13-15-17-19-20-22-23-25-27-29-31-33-35-40(43)45-38-39(37-42)46-41(44)36-34-32-30-28-26-24-21-18-16-14-12-10-8-6-4-2/h11,13,17-19,21,39,42H,3-10,12,14-16,20,22-38H2,1-2H3/b13-11-,19-17-,21-18-/t39-/m0/s1. The summed E-state index contributed by atoms with van der Waals surface area (Å²) >= 11 is 0. The fourth-order valence-electron chi connectivity index (χ4n) is 5.40. The number of hydrogen-bond donors (Lipinski definition) is 1. The molecule has 46 heavy (non-hydrogen) atoms. The first-order valence-corrected chi connectivity index (χ1v) is 19.5. The molecule has 0 aromatic heterocycles. The summed E-state index contributed by atoms with van der Waals surface area (Å²) in [6.07, 6.45) is 44.8. The zero-order valence-electron chi connectivity index (χ0n) is 30.3. The van der Waals surface area contributed by atoms with E-state index in [-0.39, 0.29) is 25.2 Å². The molecule has 0 aromatic carbocycles. The second-order valence-electron chi connectivity index (χ2n) is 13.0. The second kappa shape index (κ2) is 37.6. The van der Waals surface area contributed by atoms with Crippen molar-refractivity contribution in [1.82, 2.24) is 0 Å². The van der Waals surface area contributed by atoms with Crippen LogP contribution in [0.25, 0.3) is 0 Å². The van der Waals surface area contributed by atoms with Gasteiger partial charge in [-0.1, -0.05) is 147 Å². The van der Waals surface area contributed by atoms with Gasteiger partial charge in [0.2, 0.25) is 0 Å². The number of rotatable bonds is 35. The molecule has 0 saturated carbocycles. The highest BCUT2D eigenvalue weighted by Crippen LogP contribution is 2.13. The van der Waals surface area contributed by atoms with Gasteiger partial charge in [0.1, 0.15) is 6.61 Å². The van der Waals surface area contributed by atoms with Gasteiger partial charge in [0.25, 0.3) is 0 Å². The fraction of sp³-hybridized carbons (Fsp3) is 0.805. The molecule has 0 bridgehead atoms. The van der Waals surface area contributed by atoms with E-state index >= 15 is 0 Å². The number of aliphatic hydroxyl groups excluding tert-OH is 1. The van der Waals surface area contributed by atoms with Crippen molar-refractivity contribution in [3.63, 3.8) is 0 Å². The molecule has 0 spiro atoms. The van der Waals surface area contributed by atoms with Crippen LogP contribution >= 0.6 is 0 Å². The molecule has 0 saturated heterocycles. The van der Waals surface area contributed by atoms with Crippen molar-refractivity contribution in [3.05, 3.63) is 36.5 Å². The summed E-state index contributed by atoms with van der Waals surface area (Å²) in [5, 5.41) is 9.54. The number of hydrogen-bond acceptors (Lipinski definition) is 5. The molecule has 268 valence electrons. The van der Waals surface area contributed by atoms with Crippen LogP contribution in [-0.2, 0) is 19.1 Å². The van der Waals surface area contributed by atoms with Crippen LogP contribution in [0.5, 0.6) is 0 Å². The summed E-state index contributed by atoms with van der Waals surface area (Å²) in [7, 11) is 0. The third-order valence-electron chi connectivity index (χ3n) is 8.41. The fourth-order valence-corrected chi connectivity index (χ4v) is 5.40. The maximum atomic E-state index is 12.1. The minimum absolute atomic E-state index is 0.0723. The Labute approximate surface area is 285 Å². The molecule has 0 aromatic rings. The van der Waals surface area contributed by atoms with Crippen LogP contribution in [-0.4, -0.2) is 36.4 Å². The van der Waals surface area contributed by atoms with Crippen molar-refractivity contribution in [3.8, 4) is 0 Å². The van der Waals surface area contributed by atoms with E-state index in [1.165, 1.54) is 109 Å². The molecule has 0 rings (SSSR count). The molecule has 5 nitrogen and oxygen atoms in total. The maximum absolute atomic E-state index is 12.1. The molecule has 0 aliphatic heterocycles. The van der Waals surface area contributed by atoms with Crippen LogP contribution in [0.1, 0.15) is 194 Å². The number of esters is 2. The van der Waals surface area contributed by atoms with Gasteiger partial charge in [0.15, 0.2) is 6.10 Å². The normalized spacial score (nSPS) is 12.5. The van der Waals surface area contributed by atoms with Gasteiger partial charge in [0, 0.05) is 12.8 Å². The van der Waals surface area contributed by atoms with Crippen LogP contribution in [0.4, 0.5) is 0 Å². The Bertz CT molecular complexity index is 741. The first kappa shape index (κ1) is 44.1. The van der Waals surface area contributed by atoms with Crippen molar-refractivity contribution < 1.29 is 24.2 Å². The van der Waals surface area contributed by atoms with Gasteiger partial charge in [-0.3, -0.25) is 9.59 Å². The Balaban J connectivity index is 3.58. The van der Waals surface area contributed by atoms with Crippen molar-refractivity contribution in [2.24, 2.45) is 0 Å². The Morgan fingerprint density at radius 2 is 0.870 bits per heavy atom. The zero-order chi connectivity index (χ0) is 33.6. The predicted octanol–water partition coefficient (Wildman–Crippen LogP) is 12.1. The highest BCUT2D eigenvalue weighted by Gasteiger charge is 2.16. The summed E-state index contributed by atoms with van der Waals surface area (Å²) in [4.78, 5) is 24.2. The predicted molar refractivity (Wildman–Crippen MR) is 196 cm³/mol. The lowest BCUT2D eigenvalue weighted by Crippen LogP contribution is -2.28. The first-order valence-electron chi connectivity index (χ1n) is 19.5. The lowest BCUT2D eigenvalue weighted by atomic mass is 10.1. The number of carbonyl (C=O) groups is 2. The minimum Gasteiger partial charge on any atom is -0.462 e. The number of unbranched alkanes of at least 4 members (excludes halogenated alkanes) is 21. The van der Waals surface area contributed by atoms with Crippen LogP contribution in [0.3, 0.4) is 0 Å². The van der Waals surface area contributed by atoms with Gasteiger partial charge in [0.05, 0.1) is 6.61 Å². The van der Waals surface area contributed by atoms with Gasteiger partial charge in [-0.15, -0.1) is 0 Å². The van der Waals surface area contributed by atoms with Crippen molar-refractivity contribution in [1.29, 1.82) is 0 Å². The Morgan fingerprint density at radius 3 is 1.35 bits per heavy atom. The van der Waals surface area contributed by atoms with E-state index in [1.54, 1.807) is 0 Å². The molecule has 0 aliphatic carbocycles. The van der Waals surface area contributed by atoms with Crippen molar-refractivity contribution in [2.45, 2.75) is 200 Å². The summed E-state index contributed by atoms with van der Waals surface area (Å²) in [6.45, 7) is 4.09. The van der Waals surface area contributed by atoms with E-state index in [0.717, 1.165) is 57.8 Å². The van der Waals surface area contributed by atoms with Gasteiger partial charge >= 0.3 is 11.9 Å². The Kier molecular flexibility index (Phi) is 36.0. The van der Waals surface area contributed by atoms with Crippen molar-refractivity contribution >= 4 is 11.9 Å². The summed E-state index contributed by atoms with van der Waals surface area (Å²) in [5.41, 5.74) is 0. The molecule has 0 amide bonds. The summed E-state index contributed by atoms with van der Waals surface area (Å²) in [6, 6.07) is 0. The molecule has 0 heterocycles. The van der Waals surface area contributed by atoms with Crippen LogP contribution < -0.4 is 0 Å². The number of carbonyl (C=O) groups excluding carboxylic acids is 2. The molecule has 5 heteroatoms. The molecule has 0 aliphatic rings. The smallest absolute Gasteiger partial charge is 0.306 e. The monoisotopic (exact) mass is 647 g/mol. The Morgan fingerprint density at radius 1 is 0.500 bits per heavy atom. The zero-order valence-corrected chi connectivity index (χ0v) is 30.3. The molecule has 1 atom stereocenters. The molecule has 0 fully saturated rings. The first-order chi connectivity index (χ1) is 22.6. The third kappa shape index (κ3) is 35.0. The minimum atomic E-state index is -0.776. The Hall–Kier alpha value is -1.88. The van der Waals surface area contributed by atoms with E-state index in [4.69, 9.17) is 9.47 Å². The van der Waals surface area contributed by atoms with Gasteiger partial charge in [-0.25, -0.2) is 0 Å². The summed E-state index contributed by atoms with van der Waals surface area (Å²) < 4.78 is 10.6. The lowest BCUT2D eigenvalue weighted by molar-refractivity contribution is -0.161. The van der Waals surface area contributed by atoms with E-state index in [9.17, 15) is 14.7 Å². The quantitative estimate of drug-likeness (QED) is 0.0421. The van der Waals surface area contributed by atoms with Gasteiger partial charge in [-0.05, 0) is 70.6 Å². The number of ether oxygens (including phenoxy) is 2. The topological polar surface area (TPSA) is 72.8 Å². The van der Waals surface area contributed by atoms with E-state index in [0.29, 0.717) is 12.8 Å². The second-order valence-corrected chi connectivity index (χ2v) is 13.0. The number of allylic oxidation sites excluding steroid dienone is 6. The SMILES string of the molecule is CCCCC/C=C\C/C=C\CCCCCCCCCC(=O)OC[C@H](CO)OC(=O)CCCCCCC/C=C\CCCCCCCC. The lowest BCUT2D eigenvalue weighted by Gasteiger charge is -2.15. The third-order valence-corrected chi connectivity index (χ3v) is 8.41. The molecule has 0 radical (unpaired) electrons. The highest BCUT2D eigenvalue weighted by atomic mass is 16.6. The molecule has 1 N–H and O–H groups in total. The highest BCUT2D eigenvalue weighted by molar-refractivity contribution is 5.70. The van der Waals surface area contributed by atoms with Crippen LogP contribution in [0, 0.1) is 0 Å². The van der Waals surface area contributed by atoms with Crippen molar-refractivity contribution in [2.75, 3.05) is 13.2 Å².